The number of halogens is 1. The Morgan fingerprint density at radius 2 is 2.03 bits per heavy atom. The van der Waals surface area contributed by atoms with E-state index in [0.29, 0.717) is 19.0 Å². The van der Waals surface area contributed by atoms with Crippen molar-refractivity contribution in [1.29, 1.82) is 5.26 Å². The van der Waals surface area contributed by atoms with Crippen LogP contribution in [0.3, 0.4) is 0 Å². The Kier molecular flexibility index (Phi) is 4.98. The number of likely N-dealkylation sites (tertiary alicyclic amines) is 3. The van der Waals surface area contributed by atoms with E-state index in [2.05, 4.69) is 6.07 Å². The summed E-state index contributed by atoms with van der Waals surface area (Å²) in [6.07, 6.45) is 3.21. The van der Waals surface area contributed by atoms with Crippen molar-refractivity contribution in [2.45, 2.75) is 68.9 Å². The fourth-order valence-corrected chi connectivity index (χ4v) is 5.99. The maximum absolute atomic E-state index is 13.3. The van der Waals surface area contributed by atoms with E-state index in [9.17, 15) is 19.2 Å². The molecule has 2 bridgehead atoms. The zero-order valence-electron chi connectivity index (χ0n) is 17.7. The number of nitrogens with zero attached hydrogens (tertiary/aromatic N) is 4. The van der Waals surface area contributed by atoms with Crippen LogP contribution in [0.25, 0.3) is 0 Å². The lowest BCUT2D eigenvalue weighted by atomic mass is 10.0. The average Bonchev–Trinajstić information content (AvgIpc) is 3.10. The van der Waals surface area contributed by atoms with E-state index in [-0.39, 0.29) is 47.8 Å². The van der Waals surface area contributed by atoms with Crippen molar-refractivity contribution >= 4 is 11.8 Å². The molecule has 1 aromatic rings. The van der Waals surface area contributed by atoms with Gasteiger partial charge in [-0.3, -0.25) is 14.5 Å². The minimum atomic E-state index is -0.727. The van der Waals surface area contributed by atoms with Crippen molar-refractivity contribution in [3.8, 4) is 6.07 Å². The number of benzene rings is 1. The highest BCUT2D eigenvalue weighted by molar-refractivity contribution is 5.87. The van der Waals surface area contributed by atoms with Crippen LogP contribution in [0, 0.1) is 23.1 Å². The van der Waals surface area contributed by atoms with Crippen molar-refractivity contribution in [1.82, 2.24) is 14.7 Å². The second kappa shape index (κ2) is 7.57. The Hall–Kier alpha value is -2.50. The van der Waals surface area contributed by atoms with E-state index in [1.165, 1.54) is 12.1 Å². The van der Waals surface area contributed by atoms with Gasteiger partial charge >= 0.3 is 0 Å². The summed E-state index contributed by atoms with van der Waals surface area (Å²) in [5.41, 5.74) is 7.22. The molecule has 5 rings (SSSR count). The molecule has 2 N–H and O–H groups in total. The Morgan fingerprint density at radius 1 is 1.29 bits per heavy atom. The monoisotopic (exact) mass is 425 g/mol. The van der Waals surface area contributed by atoms with Crippen LogP contribution in [0.1, 0.15) is 44.2 Å². The first-order valence-electron chi connectivity index (χ1n) is 11.2. The maximum atomic E-state index is 13.3. The number of hydrogen-bond acceptors (Lipinski definition) is 5. The number of carbonyl (C=O) groups is 2. The Bertz CT molecular complexity index is 931. The van der Waals surface area contributed by atoms with Gasteiger partial charge in [-0.2, -0.15) is 5.26 Å². The molecule has 164 valence electrons. The van der Waals surface area contributed by atoms with Crippen LogP contribution < -0.4 is 5.73 Å². The molecule has 31 heavy (non-hydrogen) atoms. The number of fused-ring (bicyclic) bond motifs is 3. The molecule has 1 saturated carbocycles. The fraction of sp³-hybridized carbons (Fsp3) is 0.609. The molecule has 0 aromatic heterocycles. The van der Waals surface area contributed by atoms with Crippen LogP contribution >= 0.6 is 0 Å². The second-order valence-corrected chi connectivity index (χ2v) is 9.38. The largest absolute Gasteiger partial charge is 0.330 e. The SMILES string of the molecule is CC[C@H](c1ccc(F)cc1)N1C(=O)[C@H]2CC1CN2C[C@H](N)C(=O)N1[C@H](C#N)C[C@@H]2C[C@@H]21. The number of nitrogens with two attached hydrogens (primary N) is 1. The van der Waals surface area contributed by atoms with Gasteiger partial charge in [-0.05, 0) is 49.3 Å². The molecule has 7 atom stereocenters. The molecule has 4 fully saturated rings. The molecule has 3 aliphatic heterocycles. The van der Waals surface area contributed by atoms with Gasteiger partial charge in [0.15, 0.2) is 0 Å². The standard InChI is InChI=1S/C23H28FN5O2/c1-2-19(13-3-5-15(24)6-4-13)29-17-9-21(23(29)31)27(11-17)12-18(26)22(30)28-16(10-25)7-14-8-20(14)28/h3-6,14,16-21H,2,7-9,11-12,26H2,1H3/t14-,16+,17?,18+,19-,20+,21-/m1/s1. The molecule has 0 radical (unpaired) electrons. The molecule has 1 unspecified atom stereocenters. The maximum Gasteiger partial charge on any atom is 0.242 e. The number of amides is 2. The topological polar surface area (TPSA) is 93.7 Å². The number of nitriles is 1. The summed E-state index contributed by atoms with van der Waals surface area (Å²) in [5.74, 6) is 0.0646. The van der Waals surface area contributed by atoms with Gasteiger partial charge in [0, 0.05) is 25.2 Å². The van der Waals surface area contributed by atoms with Crippen LogP contribution in [0.15, 0.2) is 24.3 Å². The highest BCUT2D eigenvalue weighted by Gasteiger charge is 2.56. The van der Waals surface area contributed by atoms with Gasteiger partial charge in [0.2, 0.25) is 11.8 Å². The van der Waals surface area contributed by atoms with Crippen molar-refractivity contribution in [3.63, 3.8) is 0 Å². The van der Waals surface area contributed by atoms with Crippen molar-refractivity contribution < 1.29 is 14.0 Å². The summed E-state index contributed by atoms with van der Waals surface area (Å²) < 4.78 is 13.3. The van der Waals surface area contributed by atoms with E-state index in [1.54, 1.807) is 17.0 Å². The first kappa shape index (κ1) is 20.4. The lowest BCUT2D eigenvalue weighted by molar-refractivity contribution is -0.141. The zero-order valence-corrected chi connectivity index (χ0v) is 17.7. The minimum Gasteiger partial charge on any atom is -0.330 e. The van der Waals surface area contributed by atoms with Gasteiger partial charge < -0.3 is 15.5 Å². The minimum absolute atomic E-state index is 0.0606. The van der Waals surface area contributed by atoms with Gasteiger partial charge in [0.05, 0.1) is 24.2 Å². The molecule has 1 aliphatic carbocycles. The molecule has 8 heteroatoms. The average molecular weight is 426 g/mol. The molecule has 2 amide bonds. The van der Waals surface area contributed by atoms with Gasteiger partial charge in [-0.1, -0.05) is 19.1 Å². The van der Waals surface area contributed by atoms with E-state index < -0.39 is 6.04 Å². The van der Waals surface area contributed by atoms with Crippen LogP contribution in [0.4, 0.5) is 4.39 Å². The smallest absolute Gasteiger partial charge is 0.242 e. The molecule has 3 heterocycles. The van der Waals surface area contributed by atoms with E-state index >= 15 is 0 Å². The predicted molar refractivity (Wildman–Crippen MR) is 111 cm³/mol. The van der Waals surface area contributed by atoms with Gasteiger partial charge in [0.25, 0.3) is 0 Å². The molecular weight excluding hydrogens is 397 g/mol. The Morgan fingerprint density at radius 3 is 2.68 bits per heavy atom. The molecule has 3 saturated heterocycles. The molecular formula is C23H28FN5O2. The van der Waals surface area contributed by atoms with Crippen LogP contribution in [0.2, 0.25) is 0 Å². The molecule has 0 spiro atoms. The van der Waals surface area contributed by atoms with Crippen LogP contribution in [0.5, 0.6) is 0 Å². The van der Waals surface area contributed by atoms with E-state index in [4.69, 9.17) is 5.73 Å². The lowest BCUT2D eigenvalue weighted by Gasteiger charge is -2.39. The van der Waals surface area contributed by atoms with Crippen molar-refractivity contribution in [2.24, 2.45) is 11.7 Å². The highest BCUT2D eigenvalue weighted by atomic mass is 19.1. The summed E-state index contributed by atoms with van der Waals surface area (Å²) in [6, 6.07) is 7.42. The zero-order chi connectivity index (χ0) is 21.9. The number of piperidine rings is 1. The van der Waals surface area contributed by atoms with Crippen LogP contribution in [-0.2, 0) is 9.59 Å². The third-order valence-corrected chi connectivity index (χ3v) is 7.55. The fourth-order valence-electron chi connectivity index (χ4n) is 5.99. The van der Waals surface area contributed by atoms with E-state index in [1.807, 2.05) is 16.7 Å². The summed E-state index contributed by atoms with van der Waals surface area (Å²) in [6.45, 7) is 3.05. The predicted octanol–water partition coefficient (Wildman–Crippen LogP) is 1.40. The number of rotatable bonds is 6. The highest BCUT2D eigenvalue weighted by Crippen LogP contribution is 2.48. The van der Waals surface area contributed by atoms with Gasteiger partial charge in [-0.15, -0.1) is 0 Å². The first-order valence-corrected chi connectivity index (χ1v) is 11.2. The molecule has 4 aliphatic rings. The quantitative estimate of drug-likeness (QED) is 0.744. The van der Waals surface area contributed by atoms with Crippen molar-refractivity contribution in [3.05, 3.63) is 35.6 Å². The lowest BCUT2D eigenvalue weighted by Crippen LogP contribution is -2.57. The van der Waals surface area contributed by atoms with Crippen LogP contribution in [-0.4, -0.2) is 69.8 Å². The first-order chi connectivity index (χ1) is 14.9. The normalized spacial score (nSPS) is 33.4. The molecule has 7 nitrogen and oxygen atoms in total. The number of carbonyl (C=O) groups excluding carboxylic acids is 2. The summed E-state index contributed by atoms with van der Waals surface area (Å²) in [7, 11) is 0. The number of piperazine rings is 1. The summed E-state index contributed by atoms with van der Waals surface area (Å²) in [4.78, 5) is 31.8. The number of hydrogen-bond donors (Lipinski definition) is 1. The molecule has 1 aromatic carbocycles. The summed E-state index contributed by atoms with van der Waals surface area (Å²) >= 11 is 0. The van der Waals surface area contributed by atoms with Crippen molar-refractivity contribution in [2.75, 3.05) is 13.1 Å². The second-order valence-electron chi connectivity index (χ2n) is 9.38. The van der Waals surface area contributed by atoms with Gasteiger partial charge in [0.1, 0.15) is 11.9 Å². The Balaban J connectivity index is 1.25. The van der Waals surface area contributed by atoms with Gasteiger partial charge in [-0.25, -0.2) is 4.39 Å². The third kappa shape index (κ3) is 3.31. The Labute approximate surface area is 181 Å². The summed E-state index contributed by atoms with van der Waals surface area (Å²) in [5, 5.41) is 9.36. The van der Waals surface area contributed by atoms with E-state index in [0.717, 1.165) is 31.2 Å². The third-order valence-electron chi connectivity index (χ3n) is 7.55.